The SMILES string of the molecule is COC(=O)c1cc(OC)c(OC(F)F)cc1NC(=O)C1CCC1. The van der Waals surface area contributed by atoms with Crippen LogP contribution in [0.1, 0.15) is 29.6 Å². The fourth-order valence-corrected chi connectivity index (χ4v) is 2.20. The lowest BCUT2D eigenvalue weighted by Crippen LogP contribution is -2.28. The number of anilines is 1. The highest BCUT2D eigenvalue weighted by atomic mass is 19.3. The zero-order valence-electron chi connectivity index (χ0n) is 12.7. The van der Waals surface area contributed by atoms with Crippen LogP contribution in [-0.2, 0) is 9.53 Å². The van der Waals surface area contributed by atoms with Gasteiger partial charge in [0.25, 0.3) is 0 Å². The zero-order valence-corrected chi connectivity index (χ0v) is 12.7. The summed E-state index contributed by atoms with van der Waals surface area (Å²) in [6.45, 7) is -3.07. The number of methoxy groups -OCH3 is 2. The van der Waals surface area contributed by atoms with Gasteiger partial charge in [-0.15, -0.1) is 0 Å². The molecule has 6 nitrogen and oxygen atoms in total. The normalized spacial score (nSPS) is 14.1. The number of ether oxygens (including phenoxy) is 3. The number of halogens is 2. The van der Waals surface area contributed by atoms with E-state index in [2.05, 4.69) is 14.8 Å². The summed E-state index contributed by atoms with van der Waals surface area (Å²) in [6, 6.07) is 2.33. The van der Waals surface area contributed by atoms with Crippen molar-refractivity contribution in [2.45, 2.75) is 25.9 Å². The average molecular weight is 329 g/mol. The third-order valence-electron chi connectivity index (χ3n) is 3.66. The van der Waals surface area contributed by atoms with Gasteiger partial charge in [-0.2, -0.15) is 8.78 Å². The Kier molecular flexibility index (Phi) is 5.36. The second kappa shape index (κ2) is 7.26. The van der Waals surface area contributed by atoms with E-state index in [1.807, 2.05) is 0 Å². The van der Waals surface area contributed by atoms with Gasteiger partial charge in [0.1, 0.15) is 0 Å². The molecule has 0 aromatic heterocycles. The third-order valence-corrected chi connectivity index (χ3v) is 3.66. The number of alkyl halides is 2. The number of hydrogen-bond donors (Lipinski definition) is 1. The smallest absolute Gasteiger partial charge is 0.387 e. The van der Waals surface area contributed by atoms with Gasteiger partial charge in [-0.1, -0.05) is 6.42 Å². The highest BCUT2D eigenvalue weighted by Crippen LogP contribution is 2.36. The van der Waals surface area contributed by atoms with E-state index in [1.165, 1.54) is 20.3 Å². The van der Waals surface area contributed by atoms with Crippen LogP contribution in [0.5, 0.6) is 11.5 Å². The molecule has 1 amide bonds. The Labute approximate surface area is 131 Å². The van der Waals surface area contributed by atoms with Gasteiger partial charge < -0.3 is 19.5 Å². The van der Waals surface area contributed by atoms with Crippen molar-refractivity contribution in [1.29, 1.82) is 0 Å². The molecular weight excluding hydrogens is 312 g/mol. The van der Waals surface area contributed by atoms with E-state index in [0.29, 0.717) is 0 Å². The van der Waals surface area contributed by atoms with Gasteiger partial charge in [-0.3, -0.25) is 4.79 Å². The number of rotatable bonds is 6. The first kappa shape index (κ1) is 17.0. The van der Waals surface area contributed by atoms with Crippen molar-refractivity contribution in [2.75, 3.05) is 19.5 Å². The lowest BCUT2D eigenvalue weighted by Gasteiger charge is -2.25. The Hall–Kier alpha value is -2.38. The number of carbonyl (C=O) groups is 2. The molecule has 1 fully saturated rings. The summed E-state index contributed by atoms with van der Waals surface area (Å²) >= 11 is 0. The average Bonchev–Trinajstić information content (AvgIpc) is 2.44. The quantitative estimate of drug-likeness (QED) is 0.813. The number of carbonyl (C=O) groups excluding carboxylic acids is 2. The molecule has 1 aromatic rings. The standard InChI is InChI=1S/C15H17F2NO5/c1-21-11-6-9(14(20)22-2)10(7-12(11)23-15(16)17)18-13(19)8-4-3-5-8/h6-8,15H,3-5H2,1-2H3,(H,18,19). The van der Waals surface area contributed by atoms with Crippen molar-refractivity contribution in [2.24, 2.45) is 5.92 Å². The minimum atomic E-state index is -3.07. The summed E-state index contributed by atoms with van der Waals surface area (Å²) in [5, 5.41) is 2.57. The van der Waals surface area contributed by atoms with Crippen LogP contribution in [0.25, 0.3) is 0 Å². The molecule has 1 aromatic carbocycles. The monoisotopic (exact) mass is 329 g/mol. The van der Waals surface area contributed by atoms with E-state index >= 15 is 0 Å². The van der Waals surface area contributed by atoms with Crippen LogP contribution in [0.2, 0.25) is 0 Å². The summed E-state index contributed by atoms with van der Waals surface area (Å²) in [6.07, 6.45) is 2.48. The van der Waals surface area contributed by atoms with Gasteiger partial charge in [0, 0.05) is 18.1 Å². The molecule has 8 heteroatoms. The summed E-state index contributed by atoms with van der Waals surface area (Å²) < 4.78 is 38.9. The first-order chi connectivity index (χ1) is 11.0. The van der Waals surface area contributed by atoms with Crippen molar-refractivity contribution in [3.63, 3.8) is 0 Å². The Bertz CT molecular complexity index is 602. The van der Waals surface area contributed by atoms with Gasteiger partial charge in [-0.05, 0) is 12.8 Å². The van der Waals surface area contributed by atoms with E-state index in [4.69, 9.17) is 4.74 Å². The minimum absolute atomic E-state index is 0.00126. The molecule has 0 unspecified atom stereocenters. The van der Waals surface area contributed by atoms with Gasteiger partial charge in [0.15, 0.2) is 11.5 Å². The highest BCUT2D eigenvalue weighted by Gasteiger charge is 2.27. The molecule has 23 heavy (non-hydrogen) atoms. The zero-order chi connectivity index (χ0) is 17.0. The van der Waals surface area contributed by atoms with Crippen LogP contribution >= 0.6 is 0 Å². The topological polar surface area (TPSA) is 73.9 Å². The maximum Gasteiger partial charge on any atom is 0.387 e. The molecule has 1 saturated carbocycles. The summed E-state index contributed by atoms with van der Waals surface area (Å²) in [7, 11) is 2.43. The van der Waals surface area contributed by atoms with Crippen LogP contribution in [0.4, 0.5) is 14.5 Å². The molecule has 0 radical (unpaired) electrons. The maximum absolute atomic E-state index is 12.5. The molecule has 1 aliphatic carbocycles. The molecule has 126 valence electrons. The predicted octanol–water partition coefficient (Wildman–Crippen LogP) is 2.82. The second-order valence-corrected chi connectivity index (χ2v) is 5.04. The Morgan fingerprint density at radius 1 is 1.22 bits per heavy atom. The summed E-state index contributed by atoms with van der Waals surface area (Å²) in [5.74, 6) is -1.47. The van der Waals surface area contributed by atoms with Crippen molar-refractivity contribution < 1.29 is 32.6 Å². The highest BCUT2D eigenvalue weighted by molar-refractivity contribution is 6.02. The molecule has 0 aliphatic heterocycles. The molecule has 0 heterocycles. The second-order valence-electron chi connectivity index (χ2n) is 5.04. The van der Waals surface area contributed by atoms with Gasteiger partial charge in [-0.25, -0.2) is 4.79 Å². The predicted molar refractivity (Wildman–Crippen MR) is 76.9 cm³/mol. The molecule has 0 bridgehead atoms. The van der Waals surface area contributed by atoms with Crippen LogP contribution in [0.3, 0.4) is 0 Å². The van der Waals surface area contributed by atoms with Crippen LogP contribution in [0.15, 0.2) is 12.1 Å². The van der Waals surface area contributed by atoms with Crippen molar-refractivity contribution in [3.8, 4) is 11.5 Å². The lowest BCUT2D eigenvalue weighted by molar-refractivity contribution is -0.122. The van der Waals surface area contributed by atoms with E-state index in [9.17, 15) is 18.4 Å². The van der Waals surface area contributed by atoms with Gasteiger partial charge in [0.05, 0.1) is 25.5 Å². The summed E-state index contributed by atoms with van der Waals surface area (Å²) in [5.41, 5.74) is 0.0452. The van der Waals surface area contributed by atoms with Crippen molar-refractivity contribution in [3.05, 3.63) is 17.7 Å². The van der Waals surface area contributed by atoms with E-state index in [-0.39, 0.29) is 34.6 Å². The third kappa shape index (κ3) is 3.88. The molecule has 0 atom stereocenters. The minimum Gasteiger partial charge on any atom is -0.493 e. The van der Waals surface area contributed by atoms with Crippen LogP contribution in [-0.4, -0.2) is 32.7 Å². The Balaban J connectivity index is 2.37. The molecule has 0 saturated heterocycles. The fourth-order valence-electron chi connectivity index (χ4n) is 2.20. The largest absolute Gasteiger partial charge is 0.493 e. The first-order valence-corrected chi connectivity index (χ1v) is 7.02. The number of esters is 1. The molecule has 1 N–H and O–H groups in total. The number of benzene rings is 1. The lowest BCUT2D eigenvalue weighted by atomic mass is 9.85. The Morgan fingerprint density at radius 2 is 1.91 bits per heavy atom. The number of hydrogen-bond acceptors (Lipinski definition) is 5. The number of nitrogens with one attached hydrogen (secondary N) is 1. The van der Waals surface area contributed by atoms with Crippen LogP contribution < -0.4 is 14.8 Å². The van der Waals surface area contributed by atoms with E-state index in [1.54, 1.807) is 0 Å². The molecule has 1 aliphatic rings. The molecule has 0 spiro atoms. The van der Waals surface area contributed by atoms with E-state index < -0.39 is 12.6 Å². The van der Waals surface area contributed by atoms with E-state index in [0.717, 1.165) is 25.3 Å². The van der Waals surface area contributed by atoms with Crippen LogP contribution in [0, 0.1) is 5.92 Å². The fraction of sp³-hybridized carbons (Fsp3) is 0.467. The summed E-state index contributed by atoms with van der Waals surface area (Å²) in [4.78, 5) is 23.9. The Morgan fingerprint density at radius 3 is 2.39 bits per heavy atom. The van der Waals surface area contributed by atoms with Crippen molar-refractivity contribution in [1.82, 2.24) is 0 Å². The molecule has 2 rings (SSSR count). The molecular formula is C15H17F2NO5. The van der Waals surface area contributed by atoms with Gasteiger partial charge >= 0.3 is 12.6 Å². The first-order valence-electron chi connectivity index (χ1n) is 7.02. The maximum atomic E-state index is 12.5. The van der Waals surface area contributed by atoms with Crippen molar-refractivity contribution >= 4 is 17.6 Å². The van der Waals surface area contributed by atoms with Gasteiger partial charge in [0.2, 0.25) is 5.91 Å². The number of amides is 1.